The van der Waals surface area contributed by atoms with Gasteiger partial charge in [0.25, 0.3) is 5.91 Å². The maximum atomic E-state index is 12.9. The summed E-state index contributed by atoms with van der Waals surface area (Å²) in [6.07, 6.45) is 4.75. The average Bonchev–Trinajstić information content (AvgIpc) is 2.70. The smallest absolute Gasteiger partial charge is 0.408 e. The van der Waals surface area contributed by atoms with Crippen molar-refractivity contribution < 1.29 is 28.7 Å². The van der Waals surface area contributed by atoms with Gasteiger partial charge < -0.3 is 20.1 Å². The van der Waals surface area contributed by atoms with Crippen LogP contribution < -0.4 is 10.6 Å². The zero-order valence-corrected chi connectivity index (χ0v) is 19.2. The number of alkyl carbamates (subject to hydrolysis) is 1. The largest absolute Gasteiger partial charge is 0.466 e. The van der Waals surface area contributed by atoms with Crippen molar-refractivity contribution in [1.29, 1.82) is 0 Å². The molecule has 1 rings (SSSR count). The summed E-state index contributed by atoms with van der Waals surface area (Å²) in [5.41, 5.74) is 0.704. The molecule has 174 valence electrons. The van der Waals surface area contributed by atoms with E-state index in [0.717, 1.165) is 10.5 Å². The lowest BCUT2D eigenvalue weighted by Gasteiger charge is -2.27. The second-order valence-corrected chi connectivity index (χ2v) is 7.91. The van der Waals surface area contributed by atoms with E-state index >= 15 is 0 Å². The standard InChI is InChI=1S/C23H31N3O6/c1-7-26(18(27)15-25-22(30)32-23(4,5)6)20(17-11-9-16(3)10-12-17)21(29)24-14-13-19(28)31-8-2/h1,9-12,20H,8,13-15H2,2-6H3,(H,24,29)(H,25,30). The van der Waals surface area contributed by atoms with E-state index in [0.29, 0.717) is 5.56 Å². The van der Waals surface area contributed by atoms with E-state index < -0.39 is 42.1 Å². The van der Waals surface area contributed by atoms with Crippen molar-refractivity contribution in [3.05, 3.63) is 35.4 Å². The molecule has 0 saturated carbocycles. The van der Waals surface area contributed by atoms with E-state index in [1.165, 1.54) is 0 Å². The fraction of sp³-hybridized carbons (Fsp3) is 0.478. The monoisotopic (exact) mass is 445 g/mol. The molecule has 1 aromatic carbocycles. The first kappa shape index (κ1) is 26.5. The van der Waals surface area contributed by atoms with Crippen LogP contribution in [0, 0.1) is 19.4 Å². The fourth-order valence-electron chi connectivity index (χ4n) is 2.62. The van der Waals surface area contributed by atoms with Crippen LogP contribution in [-0.4, -0.2) is 54.1 Å². The highest BCUT2D eigenvalue weighted by molar-refractivity contribution is 5.91. The van der Waals surface area contributed by atoms with Crippen LogP contribution in [0.3, 0.4) is 0 Å². The van der Waals surface area contributed by atoms with Crippen molar-refractivity contribution >= 4 is 23.9 Å². The van der Waals surface area contributed by atoms with Crippen molar-refractivity contribution in [3.8, 4) is 12.5 Å². The molecule has 9 heteroatoms. The molecule has 0 heterocycles. The number of benzene rings is 1. The molecule has 0 saturated heterocycles. The van der Waals surface area contributed by atoms with Gasteiger partial charge in [-0.3, -0.25) is 19.3 Å². The summed E-state index contributed by atoms with van der Waals surface area (Å²) in [7, 11) is 0. The summed E-state index contributed by atoms with van der Waals surface area (Å²) in [6.45, 7) is 8.43. The number of carbonyl (C=O) groups is 4. The highest BCUT2D eigenvalue weighted by Gasteiger charge is 2.31. The Hall–Kier alpha value is -3.54. The van der Waals surface area contributed by atoms with Gasteiger partial charge >= 0.3 is 12.1 Å². The van der Waals surface area contributed by atoms with Gasteiger partial charge in [0.2, 0.25) is 5.91 Å². The number of nitrogens with one attached hydrogen (secondary N) is 2. The molecule has 1 unspecified atom stereocenters. The van der Waals surface area contributed by atoms with Crippen molar-refractivity contribution in [2.45, 2.75) is 52.7 Å². The van der Waals surface area contributed by atoms with Gasteiger partial charge in [-0.05, 0) is 40.2 Å². The maximum Gasteiger partial charge on any atom is 0.408 e. The SMILES string of the molecule is C#CN(C(=O)CNC(=O)OC(C)(C)C)C(C(=O)NCCC(=O)OCC)c1ccc(C)cc1. The molecule has 0 aliphatic carbocycles. The molecule has 0 bridgehead atoms. The molecule has 0 aromatic heterocycles. The average molecular weight is 446 g/mol. The number of terminal acetylenes is 1. The lowest BCUT2D eigenvalue weighted by molar-refractivity contribution is -0.143. The normalized spacial score (nSPS) is 11.5. The zero-order chi connectivity index (χ0) is 24.3. The van der Waals surface area contributed by atoms with E-state index in [2.05, 4.69) is 16.7 Å². The summed E-state index contributed by atoms with van der Waals surface area (Å²) >= 11 is 0. The number of amides is 3. The third-order valence-corrected chi connectivity index (χ3v) is 4.02. The second kappa shape index (κ2) is 12.3. The molecule has 9 nitrogen and oxygen atoms in total. The highest BCUT2D eigenvalue weighted by Crippen LogP contribution is 2.21. The van der Waals surface area contributed by atoms with Crippen LogP contribution in [0.4, 0.5) is 4.79 Å². The third-order valence-electron chi connectivity index (χ3n) is 4.02. The predicted molar refractivity (Wildman–Crippen MR) is 118 cm³/mol. The summed E-state index contributed by atoms with van der Waals surface area (Å²) in [5.74, 6) is -1.70. The van der Waals surface area contributed by atoms with Gasteiger partial charge in [-0.25, -0.2) is 4.79 Å². The Bertz CT molecular complexity index is 852. The molecule has 0 spiro atoms. The number of carbonyl (C=O) groups excluding carboxylic acids is 4. The van der Waals surface area contributed by atoms with Gasteiger partial charge in [-0.15, -0.1) is 0 Å². The molecule has 1 atom stereocenters. The molecule has 0 aliphatic rings. The Morgan fingerprint density at radius 1 is 1.12 bits per heavy atom. The van der Waals surface area contributed by atoms with Gasteiger partial charge in [0.15, 0.2) is 0 Å². The minimum Gasteiger partial charge on any atom is -0.466 e. The topological polar surface area (TPSA) is 114 Å². The van der Waals surface area contributed by atoms with Gasteiger partial charge in [0, 0.05) is 12.6 Å². The van der Waals surface area contributed by atoms with Gasteiger partial charge in [0.1, 0.15) is 18.2 Å². The number of ether oxygens (including phenoxy) is 2. The quantitative estimate of drug-likeness (QED) is 0.342. The predicted octanol–water partition coefficient (Wildman–Crippen LogP) is 2.05. The maximum absolute atomic E-state index is 12.9. The van der Waals surface area contributed by atoms with Crippen LogP contribution in [0.1, 0.15) is 51.3 Å². The van der Waals surface area contributed by atoms with Crippen molar-refractivity contribution in [2.24, 2.45) is 0 Å². The Kier molecular flexibility index (Phi) is 10.2. The highest BCUT2D eigenvalue weighted by atomic mass is 16.6. The van der Waals surface area contributed by atoms with E-state index in [1.807, 2.05) is 6.92 Å². The number of rotatable bonds is 9. The Morgan fingerprint density at radius 3 is 2.28 bits per heavy atom. The van der Waals surface area contributed by atoms with Crippen LogP contribution in [0.15, 0.2) is 24.3 Å². The second-order valence-electron chi connectivity index (χ2n) is 7.91. The van der Waals surface area contributed by atoms with E-state index in [9.17, 15) is 19.2 Å². The molecule has 32 heavy (non-hydrogen) atoms. The van der Waals surface area contributed by atoms with Gasteiger partial charge in [-0.1, -0.05) is 36.3 Å². The minimum atomic E-state index is -1.16. The van der Waals surface area contributed by atoms with Crippen molar-refractivity contribution in [2.75, 3.05) is 19.7 Å². The summed E-state index contributed by atoms with van der Waals surface area (Å²) < 4.78 is 9.95. The lowest BCUT2D eigenvalue weighted by atomic mass is 10.0. The molecular formula is C23H31N3O6. The molecule has 0 aliphatic heterocycles. The summed E-state index contributed by atoms with van der Waals surface area (Å²) in [4.78, 5) is 50.0. The molecule has 2 N–H and O–H groups in total. The first-order chi connectivity index (χ1) is 15.0. The molecule has 0 fully saturated rings. The number of esters is 1. The van der Waals surface area contributed by atoms with Crippen molar-refractivity contribution in [1.82, 2.24) is 15.5 Å². The zero-order valence-electron chi connectivity index (χ0n) is 19.2. The van der Waals surface area contributed by atoms with Crippen molar-refractivity contribution in [3.63, 3.8) is 0 Å². The number of nitrogens with zero attached hydrogens (tertiary/aromatic N) is 1. The molecule has 1 aromatic rings. The van der Waals surface area contributed by atoms with Gasteiger partial charge in [0.05, 0.1) is 13.0 Å². The summed E-state index contributed by atoms with van der Waals surface area (Å²) in [5, 5.41) is 4.95. The van der Waals surface area contributed by atoms with E-state index in [1.54, 1.807) is 52.0 Å². The summed E-state index contributed by atoms with van der Waals surface area (Å²) in [6, 6.07) is 8.01. The molecule has 0 radical (unpaired) electrons. The van der Waals surface area contributed by atoms with Gasteiger partial charge in [-0.2, -0.15) is 0 Å². The molecular weight excluding hydrogens is 414 g/mol. The van der Waals surface area contributed by atoms with Crippen LogP contribution in [0.5, 0.6) is 0 Å². The van der Waals surface area contributed by atoms with Crippen LogP contribution >= 0.6 is 0 Å². The molecule has 3 amide bonds. The number of hydrogen-bond acceptors (Lipinski definition) is 6. The van der Waals surface area contributed by atoms with E-state index in [4.69, 9.17) is 15.9 Å². The lowest BCUT2D eigenvalue weighted by Crippen LogP contribution is -2.46. The Morgan fingerprint density at radius 2 is 1.75 bits per heavy atom. The minimum absolute atomic E-state index is 0.0167. The van der Waals surface area contributed by atoms with Crippen LogP contribution in [-0.2, 0) is 23.9 Å². The third kappa shape index (κ3) is 9.08. The number of aryl methyl sites for hydroxylation is 1. The Labute approximate surface area is 188 Å². The van der Waals surface area contributed by atoms with Crippen LogP contribution in [0.2, 0.25) is 0 Å². The fourth-order valence-corrected chi connectivity index (χ4v) is 2.62. The van der Waals surface area contributed by atoms with Crippen LogP contribution in [0.25, 0.3) is 0 Å². The van der Waals surface area contributed by atoms with E-state index in [-0.39, 0.29) is 19.6 Å². The first-order valence-electron chi connectivity index (χ1n) is 10.2. The first-order valence-corrected chi connectivity index (χ1v) is 10.2. The Balaban J connectivity index is 2.98. The number of hydrogen-bond donors (Lipinski definition) is 2.